The number of rotatable bonds is 2. The topological polar surface area (TPSA) is 0 Å². The maximum atomic E-state index is 2.42. The first-order valence-electron chi connectivity index (χ1n) is 7.84. The van der Waals surface area contributed by atoms with E-state index < -0.39 is 0 Å². The molecule has 0 aromatic heterocycles. The molecule has 2 aliphatic rings. The first-order chi connectivity index (χ1) is 10.9. The molecule has 0 heterocycles. The molecule has 0 bridgehead atoms. The number of benzene rings is 2. The zero-order chi connectivity index (χ0) is 14.9. The van der Waals surface area contributed by atoms with Crippen LogP contribution >= 0.6 is 0 Å². The van der Waals surface area contributed by atoms with Gasteiger partial charge < -0.3 is 0 Å². The molecular formula is C21H18Ti. The van der Waals surface area contributed by atoms with Gasteiger partial charge in [-0.1, -0.05) is 0 Å². The molecule has 2 aliphatic carbocycles. The van der Waals surface area contributed by atoms with Crippen LogP contribution in [0.25, 0.3) is 12.2 Å². The van der Waals surface area contributed by atoms with Crippen molar-refractivity contribution >= 4 is 20.3 Å². The molecule has 106 valence electrons. The predicted octanol–water partition coefficient (Wildman–Crippen LogP) is 4.68. The van der Waals surface area contributed by atoms with Gasteiger partial charge in [0.15, 0.2) is 0 Å². The van der Waals surface area contributed by atoms with Gasteiger partial charge in [0.1, 0.15) is 0 Å². The first-order valence-corrected chi connectivity index (χ1v) is 9.52. The normalized spacial score (nSPS) is 20.4. The number of allylic oxidation sites excluding steroid dienone is 2. The molecule has 1 heteroatoms. The fraction of sp³-hybridized carbons (Fsp3) is 0.143. The third-order valence-electron chi connectivity index (χ3n) is 4.58. The molecule has 0 aliphatic heterocycles. The summed E-state index contributed by atoms with van der Waals surface area (Å²) in [6.07, 6.45) is 9.41. The Labute approximate surface area is 140 Å². The van der Waals surface area contributed by atoms with Crippen molar-refractivity contribution < 1.29 is 18.2 Å². The molecule has 0 N–H and O–H groups in total. The van der Waals surface area contributed by atoms with Crippen LogP contribution in [0, 0.1) is 0 Å². The summed E-state index contributed by atoms with van der Waals surface area (Å²) in [5, 5.41) is 0. The second kappa shape index (κ2) is 5.87. The van der Waals surface area contributed by atoms with Crippen LogP contribution in [0.4, 0.5) is 0 Å². The summed E-state index contributed by atoms with van der Waals surface area (Å²) in [6, 6.07) is 17.7. The van der Waals surface area contributed by atoms with Crippen LogP contribution in [0.2, 0.25) is 0 Å². The summed E-state index contributed by atoms with van der Waals surface area (Å²) in [6.45, 7) is 2.22. The van der Waals surface area contributed by atoms with E-state index in [0.29, 0.717) is 11.8 Å². The van der Waals surface area contributed by atoms with Gasteiger partial charge in [-0.25, -0.2) is 0 Å². The molecule has 2 aromatic rings. The monoisotopic (exact) mass is 318 g/mol. The summed E-state index contributed by atoms with van der Waals surface area (Å²) in [5.41, 5.74) is 5.76. The molecule has 0 spiro atoms. The summed E-state index contributed by atoms with van der Waals surface area (Å²) in [7, 11) is 0. The second-order valence-electron chi connectivity index (χ2n) is 5.82. The molecule has 0 radical (unpaired) electrons. The van der Waals surface area contributed by atoms with Crippen molar-refractivity contribution in [2.45, 2.75) is 18.8 Å². The van der Waals surface area contributed by atoms with Crippen LogP contribution in [0.5, 0.6) is 0 Å². The van der Waals surface area contributed by atoms with Crippen LogP contribution in [0.3, 0.4) is 0 Å². The third-order valence-corrected chi connectivity index (χ3v) is 6.52. The Balaban J connectivity index is 1.81. The van der Waals surface area contributed by atoms with Gasteiger partial charge in [0.2, 0.25) is 0 Å². The van der Waals surface area contributed by atoms with Gasteiger partial charge in [0.25, 0.3) is 0 Å². The summed E-state index contributed by atoms with van der Waals surface area (Å²) in [4.78, 5) is 0. The second-order valence-corrected chi connectivity index (χ2v) is 8.07. The Morgan fingerprint density at radius 3 is 1.82 bits per heavy atom. The molecule has 2 atom stereocenters. The standard InChI is InChI=1S/C19H14.C2H4.Ti/c1-3-7-18-14(5-1)9-11-16(18)13-17-12-10-15-6-2-4-8-19(15)17;1-2;/h1-12,16-17H;1H,2H3;. The van der Waals surface area contributed by atoms with Crippen molar-refractivity contribution in [2.75, 3.05) is 0 Å². The van der Waals surface area contributed by atoms with Crippen molar-refractivity contribution in [3.63, 3.8) is 0 Å². The van der Waals surface area contributed by atoms with Gasteiger partial charge >= 0.3 is 140 Å². The van der Waals surface area contributed by atoms with Crippen LogP contribution in [-0.4, -0.2) is 8.13 Å². The van der Waals surface area contributed by atoms with E-state index in [4.69, 9.17) is 0 Å². The maximum absolute atomic E-state index is 2.42. The van der Waals surface area contributed by atoms with Gasteiger partial charge in [-0.05, 0) is 0 Å². The van der Waals surface area contributed by atoms with Crippen LogP contribution in [-0.2, 0) is 18.2 Å². The molecule has 0 nitrogen and oxygen atoms in total. The predicted molar refractivity (Wildman–Crippen MR) is 93.2 cm³/mol. The fourth-order valence-corrected chi connectivity index (χ4v) is 5.45. The zero-order valence-corrected chi connectivity index (χ0v) is 14.2. The average Bonchev–Trinajstić information content (AvgIpc) is 3.17. The van der Waals surface area contributed by atoms with Gasteiger partial charge in [-0.3, -0.25) is 0 Å². The molecule has 0 amide bonds. The van der Waals surface area contributed by atoms with Crippen molar-refractivity contribution in [1.82, 2.24) is 0 Å². The van der Waals surface area contributed by atoms with E-state index in [1.54, 1.807) is 3.81 Å². The number of fused-ring (bicyclic) bond motifs is 2. The summed E-state index contributed by atoms with van der Waals surface area (Å²) >= 11 is -0.175. The van der Waals surface area contributed by atoms with Crippen molar-refractivity contribution in [1.29, 1.82) is 0 Å². The van der Waals surface area contributed by atoms with E-state index in [1.807, 2.05) is 0 Å². The van der Waals surface area contributed by atoms with E-state index in [-0.39, 0.29) is 18.2 Å². The van der Waals surface area contributed by atoms with Crippen LogP contribution in [0.15, 0.2) is 60.7 Å². The van der Waals surface area contributed by atoms with Crippen molar-refractivity contribution in [3.8, 4) is 0 Å². The number of hydrogen-bond donors (Lipinski definition) is 0. The minimum atomic E-state index is -0.175. The average molecular weight is 318 g/mol. The van der Waals surface area contributed by atoms with E-state index >= 15 is 0 Å². The quantitative estimate of drug-likeness (QED) is 0.705. The molecule has 2 unspecified atom stereocenters. The fourth-order valence-electron chi connectivity index (χ4n) is 3.58. The zero-order valence-electron chi connectivity index (χ0n) is 12.7. The minimum absolute atomic E-state index is 0.175. The van der Waals surface area contributed by atoms with Crippen LogP contribution in [0.1, 0.15) is 41.0 Å². The Morgan fingerprint density at radius 2 is 1.32 bits per heavy atom. The molecule has 0 fully saturated rings. The molecule has 0 saturated heterocycles. The molecule has 22 heavy (non-hydrogen) atoms. The Morgan fingerprint density at radius 1 is 0.818 bits per heavy atom. The van der Waals surface area contributed by atoms with Gasteiger partial charge in [-0.15, -0.1) is 0 Å². The van der Waals surface area contributed by atoms with Gasteiger partial charge in [0.05, 0.1) is 0 Å². The van der Waals surface area contributed by atoms with E-state index in [1.165, 1.54) is 22.3 Å². The Kier molecular flexibility index (Phi) is 3.74. The summed E-state index contributed by atoms with van der Waals surface area (Å²) in [5.74, 6) is 0.987. The van der Waals surface area contributed by atoms with E-state index in [0.717, 1.165) is 0 Å². The van der Waals surface area contributed by atoms with Crippen LogP contribution < -0.4 is 0 Å². The third kappa shape index (κ3) is 2.28. The first kappa shape index (κ1) is 14.0. The van der Waals surface area contributed by atoms with Gasteiger partial charge in [-0.2, -0.15) is 0 Å². The Hall–Kier alpha value is -1.63. The summed E-state index contributed by atoms with van der Waals surface area (Å²) < 4.78 is 4.13. The van der Waals surface area contributed by atoms with E-state index in [9.17, 15) is 0 Å². The number of hydrogen-bond acceptors (Lipinski definition) is 0. The van der Waals surface area contributed by atoms with Gasteiger partial charge in [0, 0.05) is 0 Å². The molecule has 4 rings (SSSR count). The molecule has 0 saturated carbocycles. The SMILES string of the molecule is C[CH]=[Ti]=[C](C1C=Cc2ccccc21)C1C=Cc2ccccc21. The van der Waals surface area contributed by atoms with Crippen molar-refractivity contribution in [3.05, 3.63) is 82.9 Å². The van der Waals surface area contributed by atoms with E-state index in [2.05, 4.69) is 84.1 Å². The van der Waals surface area contributed by atoms with Crippen molar-refractivity contribution in [2.24, 2.45) is 0 Å². The molecular weight excluding hydrogens is 300 g/mol. The Bertz CT molecular complexity index is 784. The molecule has 2 aromatic carbocycles.